The lowest BCUT2D eigenvalue weighted by Crippen LogP contribution is -2.55. The number of nitrogens with zero attached hydrogens (tertiary/aromatic N) is 4. The van der Waals surface area contributed by atoms with Crippen molar-refractivity contribution in [1.29, 1.82) is 0 Å². The molecule has 1 aromatic carbocycles. The van der Waals surface area contributed by atoms with Gasteiger partial charge in [-0.1, -0.05) is 24.1 Å². The predicted octanol–water partition coefficient (Wildman–Crippen LogP) is 0.925. The van der Waals surface area contributed by atoms with Crippen molar-refractivity contribution in [3.05, 3.63) is 40.7 Å². The minimum atomic E-state index is -0.193. The largest absolute Gasteiger partial charge is 0.335 e. The number of hydrogen-bond acceptors (Lipinski definition) is 7. The molecule has 0 radical (unpaired) electrons. The van der Waals surface area contributed by atoms with E-state index < -0.39 is 0 Å². The molecular formula is C19H23N7O. The SMILES string of the molecule is CC#CN1c2c(nc(Nc3ccccc3)n(C)c2=O)NC1N1CCNCC1. The summed E-state index contributed by atoms with van der Waals surface area (Å²) in [5, 5.41) is 9.96. The maximum Gasteiger partial charge on any atom is 0.281 e. The zero-order valence-electron chi connectivity index (χ0n) is 15.5. The summed E-state index contributed by atoms with van der Waals surface area (Å²) in [6.07, 6.45) is -0.193. The van der Waals surface area contributed by atoms with Gasteiger partial charge in [-0.15, -0.1) is 0 Å². The van der Waals surface area contributed by atoms with Gasteiger partial charge in [-0.05, 0) is 19.1 Å². The molecular weight excluding hydrogens is 342 g/mol. The Kier molecular flexibility index (Phi) is 4.71. The number of aromatic nitrogens is 2. The molecule has 140 valence electrons. The first-order valence-corrected chi connectivity index (χ1v) is 9.05. The Hall–Kier alpha value is -3.02. The van der Waals surface area contributed by atoms with E-state index in [1.54, 1.807) is 14.0 Å². The van der Waals surface area contributed by atoms with Crippen molar-refractivity contribution in [3.63, 3.8) is 0 Å². The molecule has 2 aliphatic rings. The molecule has 0 bridgehead atoms. The summed E-state index contributed by atoms with van der Waals surface area (Å²) in [5.41, 5.74) is 1.24. The van der Waals surface area contributed by atoms with E-state index in [9.17, 15) is 4.79 Å². The highest BCUT2D eigenvalue weighted by Crippen LogP contribution is 2.32. The quantitative estimate of drug-likeness (QED) is 0.699. The van der Waals surface area contributed by atoms with Gasteiger partial charge in [0.25, 0.3) is 5.56 Å². The molecule has 1 unspecified atom stereocenters. The number of piperazine rings is 1. The van der Waals surface area contributed by atoms with E-state index in [1.807, 2.05) is 35.2 Å². The Balaban J connectivity index is 1.72. The van der Waals surface area contributed by atoms with Crippen molar-refractivity contribution < 1.29 is 0 Å². The van der Waals surface area contributed by atoms with Crippen molar-refractivity contribution in [2.24, 2.45) is 7.05 Å². The standard InChI is InChI=1S/C19H23N7O/c1-3-11-26-15-16(23-19(26)25-12-9-20-10-13-25)22-18(24(2)17(15)27)21-14-7-5-4-6-8-14/h4-8,19-20,23H,9-10,12-13H2,1-2H3,(H,21,22). The summed E-state index contributed by atoms with van der Waals surface area (Å²) < 4.78 is 1.53. The lowest BCUT2D eigenvalue weighted by Gasteiger charge is -2.35. The van der Waals surface area contributed by atoms with Crippen LogP contribution in [-0.4, -0.2) is 46.9 Å². The maximum atomic E-state index is 13.1. The van der Waals surface area contributed by atoms with Crippen LogP contribution in [0.2, 0.25) is 0 Å². The van der Waals surface area contributed by atoms with Crippen molar-refractivity contribution >= 4 is 23.1 Å². The van der Waals surface area contributed by atoms with Gasteiger partial charge in [0.15, 0.2) is 17.8 Å². The first-order chi connectivity index (χ1) is 13.2. The molecule has 0 aliphatic carbocycles. The average molecular weight is 365 g/mol. The smallest absolute Gasteiger partial charge is 0.281 e. The molecule has 1 saturated heterocycles. The lowest BCUT2D eigenvalue weighted by molar-refractivity contribution is 0.196. The zero-order chi connectivity index (χ0) is 18.8. The van der Waals surface area contributed by atoms with Crippen LogP contribution in [0.15, 0.2) is 35.1 Å². The molecule has 2 aliphatic heterocycles. The summed E-state index contributed by atoms with van der Waals surface area (Å²) in [6.45, 7) is 5.35. The van der Waals surface area contributed by atoms with Crippen LogP contribution >= 0.6 is 0 Å². The molecule has 0 amide bonds. The van der Waals surface area contributed by atoms with E-state index in [4.69, 9.17) is 0 Å². The van der Waals surface area contributed by atoms with E-state index in [2.05, 4.69) is 37.8 Å². The number of para-hydroxylation sites is 1. The third-order valence-electron chi connectivity index (χ3n) is 4.78. The summed E-state index contributed by atoms with van der Waals surface area (Å²) >= 11 is 0. The summed E-state index contributed by atoms with van der Waals surface area (Å²) in [4.78, 5) is 21.8. The molecule has 2 aromatic rings. The van der Waals surface area contributed by atoms with E-state index in [-0.39, 0.29) is 11.8 Å². The molecule has 8 nitrogen and oxygen atoms in total. The monoisotopic (exact) mass is 365 g/mol. The highest BCUT2D eigenvalue weighted by atomic mass is 16.1. The number of rotatable bonds is 3. The van der Waals surface area contributed by atoms with Crippen LogP contribution in [0, 0.1) is 12.0 Å². The minimum Gasteiger partial charge on any atom is -0.335 e. The molecule has 3 heterocycles. The number of benzene rings is 1. The van der Waals surface area contributed by atoms with Gasteiger partial charge in [0.1, 0.15) is 0 Å². The third-order valence-corrected chi connectivity index (χ3v) is 4.78. The number of anilines is 4. The van der Waals surface area contributed by atoms with Crippen LogP contribution in [0.5, 0.6) is 0 Å². The minimum absolute atomic E-state index is 0.133. The van der Waals surface area contributed by atoms with E-state index in [1.165, 1.54) is 4.57 Å². The molecule has 4 rings (SSSR count). The summed E-state index contributed by atoms with van der Waals surface area (Å²) in [7, 11) is 1.72. The molecule has 3 N–H and O–H groups in total. The van der Waals surface area contributed by atoms with Crippen LogP contribution < -0.4 is 26.4 Å². The van der Waals surface area contributed by atoms with Gasteiger partial charge in [-0.3, -0.25) is 19.2 Å². The van der Waals surface area contributed by atoms with Gasteiger partial charge in [-0.25, -0.2) is 0 Å². The highest BCUT2D eigenvalue weighted by molar-refractivity contribution is 5.75. The van der Waals surface area contributed by atoms with E-state index in [0.717, 1.165) is 31.9 Å². The Morgan fingerprint density at radius 3 is 2.67 bits per heavy atom. The average Bonchev–Trinajstić information content (AvgIpc) is 3.06. The van der Waals surface area contributed by atoms with Crippen molar-refractivity contribution in [2.75, 3.05) is 41.7 Å². The Bertz CT molecular complexity index is 938. The maximum absolute atomic E-state index is 13.1. The molecule has 0 saturated carbocycles. The third kappa shape index (κ3) is 3.23. The Morgan fingerprint density at radius 1 is 1.22 bits per heavy atom. The molecule has 1 aromatic heterocycles. The fraction of sp³-hybridized carbons (Fsp3) is 0.368. The molecule has 1 atom stereocenters. The Morgan fingerprint density at radius 2 is 1.96 bits per heavy atom. The second-order valence-electron chi connectivity index (χ2n) is 6.52. The lowest BCUT2D eigenvalue weighted by atomic mass is 10.3. The second-order valence-corrected chi connectivity index (χ2v) is 6.52. The van der Waals surface area contributed by atoms with Crippen molar-refractivity contribution in [3.8, 4) is 12.0 Å². The van der Waals surface area contributed by atoms with Gasteiger partial charge in [0.2, 0.25) is 5.95 Å². The van der Waals surface area contributed by atoms with Gasteiger partial charge in [0, 0.05) is 45.0 Å². The topological polar surface area (TPSA) is 77.5 Å². The zero-order valence-corrected chi connectivity index (χ0v) is 15.5. The van der Waals surface area contributed by atoms with Gasteiger partial charge in [0.05, 0.1) is 0 Å². The van der Waals surface area contributed by atoms with E-state index in [0.29, 0.717) is 17.5 Å². The number of nitrogens with one attached hydrogen (secondary N) is 3. The van der Waals surface area contributed by atoms with Crippen LogP contribution in [0.4, 0.5) is 23.1 Å². The fourth-order valence-corrected chi connectivity index (χ4v) is 3.40. The fourth-order valence-electron chi connectivity index (χ4n) is 3.40. The second kappa shape index (κ2) is 7.31. The normalized spacial score (nSPS) is 19.0. The van der Waals surface area contributed by atoms with Gasteiger partial charge in [-0.2, -0.15) is 4.98 Å². The van der Waals surface area contributed by atoms with Gasteiger partial charge < -0.3 is 16.0 Å². The highest BCUT2D eigenvalue weighted by Gasteiger charge is 2.37. The summed E-state index contributed by atoms with van der Waals surface area (Å²) in [5.74, 6) is 3.97. The first-order valence-electron chi connectivity index (χ1n) is 9.05. The van der Waals surface area contributed by atoms with Crippen LogP contribution in [-0.2, 0) is 7.05 Å². The predicted molar refractivity (Wildman–Crippen MR) is 107 cm³/mol. The van der Waals surface area contributed by atoms with Crippen molar-refractivity contribution in [2.45, 2.75) is 13.2 Å². The number of hydrogen-bond donors (Lipinski definition) is 3. The van der Waals surface area contributed by atoms with Gasteiger partial charge >= 0.3 is 0 Å². The van der Waals surface area contributed by atoms with Crippen LogP contribution in [0.3, 0.4) is 0 Å². The summed E-state index contributed by atoms with van der Waals surface area (Å²) in [6, 6.07) is 12.8. The molecule has 1 fully saturated rings. The number of fused-ring (bicyclic) bond motifs is 1. The van der Waals surface area contributed by atoms with Crippen molar-refractivity contribution in [1.82, 2.24) is 19.8 Å². The van der Waals surface area contributed by atoms with Crippen LogP contribution in [0.1, 0.15) is 6.92 Å². The molecule has 8 heteroatoms. The Labute approximate surface area is 158 Å². The van der Waals surface area contributed by atoms with Crippen LogP contribution in [0.25, 0.3) is 0 Å². The van der Waals surface area contributed by atoms with E-state index >= 15 is 0 Å². The first kappa shape index (κ1) is 17.4. The molecule has 0 spiro atoms. The molecule has 27 heavy (non-hydrogen) atoms.